The fraction of sp³-hybridized carbons (Fsp3) is 0.444. The molecule has 0 saturated heterocycles. The maximum absolute atomic E-state index is 4.14. The minimum Gasteiger partial charge on any atom is -0.308 e. The molecule has 2 heterocycles. The molecule has 2 nitrogen and oxygen atoms in total. The van der Waals surface area contributed by atoms with Gasteiger partial charge >= 0.3 is 0 Å². The van der Waals surface area contributed by atoms with E-state index in [1.807, 2.05) is 18.5 Å². The van der Waals surface area contributed by atoms with Gasteiger partial charge in [0, 0.05) is 46.1 Å². The first-order valence-electron chi connectivity index (χ1n) is 3.99. The van der Waals surface area contributed by atoms with Crippen LogP contribution in [0.4, 0.5) is 5.69 Å². The number of anilines is 1. The summed E-state index contributed by atoms with van der Waals surface area (Å²) in [5, 5.41) is 0. The lowest BCUT2D eigenvalue weighted by Gasteiger charge is -2.16. The summed E-state index contributed by atoms with van der Waals surface area (Å²) >= 11 is 3.52. The van der Waals surface area contributed by atoms with Gasteiger partial charge < -0.3 is 3.93 Å². The Morgan fingerprint density at radius 2 is 2.33 bits per heavy atom. The molecule has 0 spiro atoms. The topological polar surface area (TPSA) is 16.1 Å². The molecular weight excluding hydrogens is 216 g/mol. The summed E-state index contributed by atoms with van der Waals surface area (Å²) in [5.74, 6) is 0. The molecule has 3 heteroatoms. The maximum Gasteiger partial charge on any atom is 0.0540 e. The Morgan fingerprint density at radius 1 is 1.58 bits per heavy atom. The molecule has 0 fully saturated rings. The minimum absolute atomic E-state index is 0.215. The zero-order valence-electron chi connectivity index (χ0n) is 7.21. The van der Waals surface area contributed by atoms with Crippen LogP contribution >= 0.6 is 16.1 Å². The Bertz CT molecular complexity index is 309. The second kappa shape index (κ2) is 2.46. The van der Waals surface area contributed by atoms with Gasteiger partial charge in [0.25, 0.3) is 0 Å². The van der Waals surface area contributed by atoms with Crippen molar-refractivity contribution in [1.29, 1.82) is 0 Å². The predicted octanol–water partition coefficient (Wildman–Crippen LogP) is 2.49. The predicted molar refractivity (Wildman–Crippen MR) is 53.5 cm³/mol. The van der Waals surface area contributed by atoms with Gasteiger partial charge in [0.15, 0.2) is 0 Å². The molecule has 1 aromatic rings. The van der Waals surface area contributed by atoms with Crippen LogP contribution < -0.4 is 3.93 Å². The molecule has 0 N–H and O–H groups in total. The van der Waals surface area contributed by atoms with Crippen LogP contribution in [-0.4, -0.2) is 11.5 Å². The molecule has 0 radical (unpaired) electrons. The fourth-order valence-corrected chi connectivity index (χ4v) is 2.57. The molecule has 1 aliphatic rings. The van der Waals surface area contributed by atoms with Crippen LogP contribution in [0.3, 0.4) is 0 Å². The molecule has 0 amide bonds. The number of nitrogens with zero attached hydrogens (tertiary/aromatic N) is 2. The van der Waals surface area contributed by atoms with Gasteiger partial charge in [-0.3, -0.25) is 4.98 Å². The summed E-state index contributed by atoms with van der Waals surface area (Å²) in [4.78, 5) is 4.14. The van der Waals surface area contributed by atoms with Crippen LogP contribution in [-0.2, 0) is 5.41 Å². The average Bonchev–Trinajstić information content (AvgIpc) is 2.25. The Kier molecular flexibility index (Phi) is 1.65. The highest BCUT2D eigenvalue weighted by Crippen LogP contribution is 2.40. The molecule has 64 valence electrons. The third-order valence-corrected chi connectivity index (χ3v) is 2.96. The third-order valence-electron chi connectivity index (χ3n) is 2.32. The number of rotatable bonds is 0. The minimum atomic E-state index is 0.215. The molecule has 0 saturated carbocycles. The number of pyridine rings is 1. The molecule has 1 aliphatic heterocycles. The van der Waals surface area contributed by atoms with Crippen molar-refractivity contribution < 1.29 is 0 Å². The van der Waals surface area contributed by atoms with Gasteiger partial charge in [0.2, 0.25) is 0 Å². The van der Waals surface area contributed by atoms with Crippen LogP contribution in [0.25, 0.3) is 0 Å². The Balaban J connectivity index is 2.58. The lowest BCUT2D eigenvalue weighted by atomic mass is 9.88. The first kappa shape index (κ1) is 8.05. The second-order valence-corrected chi connectivity index (χ2v) is 4.65. The Hall–Kier alpha value is -0.570. The smallest absolute Gasteiger partial charge is 0.0540 e. The SMILES string of the molecule is CC1(C)CN(Br)c2ccncc21. The van der Waals surface area contributed by atoms with Gasteiger partial charge in [-0.25, -0.2) is 0 Å². The highest BCUT2D eigenvalue weighted by atomic mass is 79.9. The molecule has 0 bridgehead atoms. The maximum atomic E-state index is 4.14. The highest BCUT2D eigenvalue weighted by molar-refractivity contribution is 9.10. The monoisotopic (exact) mass is 226 g/mol. The standard InChI is InChI=1S/C9H11BrN2/c1-9(2)6-12(10)8-3-4-11-5-7(8)9/h3-5H,6H2,1-2H3. The van der Waals surface area contributed by atoms with Crippen LogP contribution in [0.5, 0.6) is 0 Å². The normalized spacial score (nSPS) is 19.4. The number of halogens is 1. The van der Waals surface area contributed by atoms with E-state index < -0.39 is 0 Å². The van der Waals surface area contributed by atoms with Crippen LogP contribution in [0, 0.1) is 0 Å². The van der Waals surface area contributed by atoms with Crippen LogP contribution in [0.1, 0.15) is 19.4 Å². The van der Waals surface area contributed by atoms with E-state index in [1.165, 1.54) is 11.3 Å². The van der Waals surface area contributed by atoms with E-state index in [1.54, 1.807) is 0 Å². The van der Waals surface area contributed by atoms with Gasteiger partial charge in [0.05, 0.1) is 5.69 Å². The highest BCUT2D eigenvalue weighted by Gasteiger charge is 2.33. The molecule has 0 aromatic carbocycles. The zero-order valence-corrected chi connectivity index (χ0v) is 8.80. The number of hydrogen-bond donors (Lipinski definition) is 0. The molecule has 2 rings (SSSR count). The van der Waals surface area contributed by atoms with Crippen molar-refractivity contribution >= 4 is 21.8 Å². The summed E-state index contributed by atoms with van der Waals surface area (Å²) in [7, 11) is 0. The summed E-state index contributed by atoms with van der Waals surface area (Å²) < 4.78 is 2.10. The first-order chi connectivity index (χ1) is 5.61. The van der Waals surface area contributed by atoms with Crippen molar-refractivity contribution in [1.82, 2.24) is 4.98 Å². The summed E-state index contributed by atoms with van der Waals surface area (Å²) in [5.41, 5.74) is 2.78. The number of fused-ring (bicyclic) bond motifs is 1. The van der Waals surface area contributed by atoms with Gasteiger partial charge in [0.1, 0.15) is 0 Å². The van der Waals surface area contributed by atoms with E-state index in [4.69, 9.17) is 0 Å². The molecule has 12 heavy (non-hydrogen) atoms. The van der Waals surface area contributed by atoms with Crippen LogP contribution in [0.2, 0.25) is 0 Å². The van der Waals surface area contributed by atoms with Gasteiger partial charge in [-0.1, -0.05) is 13.8 Å². The largest absolute Gasteiger partial charge is 0.308 e. The van der Waals surface area contributed by atoms with E-state index in [-0.39, 0.29) is 5.41 Å². The average molecular weight is 227 g/mol. The van der Waals surface area contributed by atoms with Crippen molar-refractivity contribution in [3.8, 4) is 0 Å². The summed E-state index contributed by atoms with van der Waals surface area (Å²) in [6.45, 7) is 5.47. The lowest BCUT2D eigenvalue weighted by Crippen LogP contribution is -2.21. The zero-order chi connectivity index (χ0) is 8.77. The molecule has 1 aromatic heterocycles. The molecule has 0 unspecified atom stereocenters. The van der Waals surface area contributed by atoms with Crippen LogP contribution in [0.15, 0.2) is 18.5 Å². The summed E-state index contributed by atoms with van der Waals surface area (Å²) in [6.07, 6.45) is 3.78. The third kappa shape index (κ3) is 1.04. The molecule has 0 atom stereocenters. The van der Waals surface area contributed by atoms with Crippen molar-refractivity contribution in [3.63, 3.8) is 0 Å². The Labute approximate surface area is 80.9 Å². The fourth-order valence-electron chi connectivity index (χ4n) is 1.64. The van der Waals surface area contributed by atoms with Crippen molar-refractivity contribution in [2.75, 3.05) is 10.5 Å². The van der Waals surface area contributed by atoms with Crippen molar-refractivity contribution in [2.24, 2.45) is 0 Å². The Morgan fingerprint density at radius 3 is 3.00 bits per heavy atom. The van der Waals surface area contributed by atoms with E-state index in [2.05, 4.69) is 38.9 Å². The van der Waals surface area contributed by atoms with Crippen molar-refractivity contribution in [2.45, 2.75) is 19.3 Å². The number of hydrogen-bond acceptors (Lipinski definition) is 2. The first-order valence-corrected chi connectivity index (χ1v) is 4.70. The van der Waals surface area contributed by atoms with E-state index >= 15 is 0 Å². The van der Waals surface area contributed by atoms with Gasteiger partial charge in [-0.05, 0) is 6.07 Å². The van der Waals surface area contributed by atoms with Gasteiger partial charge in [-0.2, -0.15) is 0 Å². The molecule has 0 aliphatic carbocycles. The summed E-state index contributed by atoms with van der Waals surface area (Å²) in [6, 6.07) is 2.04. The van der Waals surface area contributed by atoms with Gasteiger partial charge in [-0.15, -0.1) is 0 Å². The van der Waals surface area contributed by atoms with E-state index in [0.717, 1.165) is 6.54 Å². The molecular formula is C9H11BrN2. The number of aromatic nitrogens is 1. The quantitative estimate of drug-likeness (QED) is 0.633. The second-order valence-electron chi connectivity index (χ2n) is 3.80. The van der Waals surface area contributed by atoms with E-state index in [9.17, 15) is 0 Å². The van der Waals surface area contributed by atoms with E-state index in [0.29, 0.717) is 0 Å². The lowest BCUT2D eigenvalue weighted by molar-refractivity contribution is 0.576. The van der Waals surface area contributed by atoms with Crippen molar-refractivity contribution in [3.05, 3.63) is 24.0 Å².